The lowest BCUT2D eigenvalue weighted by molar-refractivity contribution is -0.138. The van der Waals surface area contributed by atoms with Crippen molar-refractivity contribution in [1.82, 2.24) is 5.32 Å². The molecule has 0 aliphatic carbocycles. The minimum Gasteiger partial charge on any atom is -0.296 e. The summed E-state index contributed by atoms with van der Waals surface area (Å²) in [7, 11) is 0. The van der Waals surface area contributed by atoms with Crippen molar-refractivity contribution in [2.24, 2.45) is 0 Å². The zero-order valence-electron chi connectivity index (χ0n) is 10.7. The van der Waals surface area contributed by atoms with Crippen LogP contribution in [-0.2, 0) is 15.0 Å². The van der Waals surface area contributed by atoms with Crippen molar-refractivity contribution in [3.05, 3.63) is 29.8 Å². The van der Waals surface area contributed by atoms with Crippen LogP contribution in [0.25, 0.3) is 0 Å². The SMILES string of the molecule is CCC1(c2ccccc2SC)CCC(=O)NC1=O. The van der Waals surface area contributed by atoms with Crippen molar-refractivity contribution in [2.45, 2.75) is 36.5 Å². The molecular weight excluding hydrogens is 246 g/mol. The number of rotatable bonds is 3. The second-order valence-electron chi connectivity index (χ2n) is 4.51. The van der Waals surface area contributed by atoms with Crippen molar-refractivity contribution in [3.8, 4) is 0 Å². The second kappa shape index (κ2) is 5.14. The molecule has 96 valence electrons. The van der Waals surface area contributed by atoms with Gasteiger partial charge in [0.1, 0.15) is 0 Å². The molecule has 2 rings (SSSR count). The highest BCUT2D eigenvalue weighted by molar-refractivity contribution is 7.98. The van der Waals surface area contributed by atoms with E-state index in [4.69, 9.17) is 0 Å². The molecule has 1 aromatic carbocycles. The van der Waals surface area contributed by atoms with E-state index >= 15 is 0 Å². The maximum atomic E-state index is 12.3. The standard InChI is InChI=1S/C14H17NO2S/c1-3-14(9-8-12(16)15-13(14)17)10-6-4-5-7-11(10)18-2/h4-7H,3,8-9H2,1-2H3,(H,15,16,17). The van der Waals surface area contributed by atoms with Crippen LogP contribution in [-0.4, -0.2) is 18.1 Å². The van der Waals surface area contributed by atoms with E-state index in [0.29, 0.717) is 19.3 Å². The number of imide groups is 1. The number of thioether (sulfide) groups is 1. The van der Waals surface area contributed by atoms with Crippen molar-refractivity contribution in [1.29, 1.82) is 0 Å². The largest absolute Gasteiger partial charge is 0.296 e. The highest BCUT2D eigenvalue weighted by Crippen LogP contribution is 2.40. The molecule has 0 bridgehead atoms. The van der Waals surface area contributed by atoms with Crippen LogP contribution in [0.1, 0.15) is 31.7 Å². The van der Waals surface area contributed by atoms with Gasteiger partial charge in [-0.2, -0.15) is 0 Å². The molecule has 1 heterocycles. The minimum absolute atomic E-state index is 0.150. The van der Waals surface area contributed by atoms with Gasteiger partial charge in [-0.1, -0.05) is 25.1 Å². The number of piperidine rings is 1. The van der Waals surface area contributed by atoms with Gasteiger partial charge in [0.25, 0.3) is 0 Å². The number of amides is 2. The molecule has 0 spiro atoms. The van der Waals surface area contributed by atoms with Crippen molar-refractivity contribution in [2.75, 3.05) is 6.26 Å². The third-order valence-corrected chi connectivity index (χ3v) is 4.49. The van der Waals surface area contributed by atoms with Gasteiger partial charge in [0, 0.05) is 11.3 Å². The van der Waals surface area contributed by atoms with Gasteiger partial charge in [0.2, 0.25) is 11.8 Å². The van der Waals surface area contributed by atoms with Gasteiger partial charge in [-0.3, -0.25) is 14.9 Å². The topological polar surface area (TPSA) is 46.2 Å². The summed E-state index contributed by atoms with van der Waals surface area (Å²) in [5.41, 5.74) is 0.498. The van der Waals surface area contributed by atoms with Gasteiger partial charge in [-0.25, -0.2) is 0 Å². The van der Waals surface area contributed by atoms with Crippen molar-refractivity contribution in [3.63, 3.8) is 0 Å². The molecule has 4 heteroatoms. The molecule has 1 atom stereocenters. The first kappa shape index (κ1) is 13.1. The molecule has 1 unspecified atom stereocenters. The Morgan fingerprint density at radius 3 is 2.67 bits per heavy atom. The van der Waals surface area contributed by atoms with Crippen molar-refractivity contribution >= 4 is 23.6 Å². The summed E-state index contributed by atoms with van der Waals surface area (Å²) in [5, 5.41) is 2.48. The lowest BCUT2D eigenvalue weighted by atomic mass is 9.72. The van der Waals surface area contributed by atoms with Gasteiger partial charge in [-0.15, -0.1) is 11.8 Å². The molecule has 0 radical (unpaired) electrons. The summed E-state index contributed by atoms with van der Waals surface area (Å²) in [5.74, 6) is -0.312. The first-order valence-electron chi connectivity index (χ1n) is 6.12. The fourth-order valence-corrected chi connectivity index (χ4v) is 3.27. The third-order valence-electron chi connectivity index (χ3n) is 3.69. The lowest BCUT2D eigenvalue weighted by Crippen LogP contribution is -2.51. The van der Waals surface area contributed by atoms with Gasteiger partial charge in [-0.05, 0) is 30.7 Å². The maximum absolute atomic E-state index is 12.3. The van der Waals surface area contributed by atoms with E-state index in [-0.39, 0.29) is 11.8 Å². The second-order valence-corrected chi connectivity index (χ2v) is 5.36. The predicted molar refractivity (Wildman–Crippen MR) is 72.6 cm³/mol. The normalized spacial score (nSPS) is 23.9. The maximum Gasteiger partial charge on any atom is 0.237 e. The van der Waals surface area contributed by atoms with Crippen LogP contribution in [0.15, 0.2) is 29.2 Å². The van der Waals surface area contributed by atoms with E-state index in [0.717, 1.165) is 10.5 Å². The monoisotopic (exact) mass is 263 g/mol. The van der Waals surface area contributed by atoms with Crippen LogP contribution < -0.4 is 5.32 Å². The average molecular weight is 263 g/mol. The number of carbonyl (C=O) groups is 2. The Kier molecular flexibility index (Phi) is 3.76. The zero-order chi connectivity index (χ0) is 13.2. The Hall–Kier alpha value is -1.29. The minimum atomic E-state index is -0.548. The van der Waals surface area contributed by atoms with E-state index in [2.05, 4.69) is 5.32 Å². The molecule has 1 aliphatic rings. The fraction of sp³-hybridized carbons (Fsp3) is 0.429. The number of nitrogens with one attached hydrogen (secondary N) is 1. The zero-order valence-corrected chi connectivity index (χ0v) is 11.5. The number of hydrogen-bond acceptors (Lipinski definition) is 3. The van der Waals surface area contributed by atoms with Crippen LogP contribution in [0.2, 0.25) is 0 Å². The fourth-order valence-electron chi connectivity index (χ4n) is 2.57. The van der Waals surface area contributed by atoms with Gasteiger partial charge < -0.3 is 0 Å². The Labute approximate surface area is 111 Å². The summed E-state index contributed by atoms with van der Waals surface area (Å²) in [6, 6.07) is 7.96. The smallest absolute Gasteiger partial charge is 0.237 e. The third kappa shape index (κ3) is 2.05. The summed E-state index contributed by atoms with van der Waals surface area (Å²) in [6.07, 6.45) is 3.74. The molecule has 3 nitrogen and oxygen atoms in total. The van der Waals surface area contributed by atoms with E-state index in [1.165, 1.54) is 0 Å². The number of benzene rings is 1. The highest BCUT2D eigenvalue weighted by Gasteiger charge is 2.43. The van der Waals surface area contributed by atoms with Gasteiger partial charge in [0.15, 0.2) is 0 Å². The molecule has 0 saturated carbocycles. The molecule has 2 amide bonds. The van der Waals surface area contributed by atoms with E-state index in [9.17, 15) is 9.59 Å². The Morgan fingerprint density at radius 2 is 2.06 bits per heavy atom. The number of hydrogen-bond donors (Lipinski definition) is 1. The predicted octanol–water partition coefficient (Wildman–Crippen LogP) is 2.49. The molecule has 1 saturated heterocycles. The van der Waals surface area contributed by atoms with Crippen molar-refractivity contribution < 1.29 is 9.59 Å². The average Bonchev–Trinajstić information content (AvgIpc) is 2.40. The van der Waals surface area contributed by atoms with Crippen LogP contribution in [0.4, 0.5) is 0 Å². The Balaban J connectivity index is 2.49. The van der Waals surface area contributed by atoms with Crippen LogP contribution in [0, 0.1) is 0 Å². The number of carbonyl (C=O) groups excluding carboxylic acids is 2. The van der Waals surface area contributed by atoms with Crippen LogP contribution >= 0.6 is 11.8 Å². The Morgan fingerprint density at radius 1 is 1.33 bits per heavy atom. The molecular formula is C14H17NO2S. The molecule has 0 aromatic heterocycles. The molecule has 18 heavy (non-hydrogen) atoms. The van der Waals surface area contributed by atoms with E-state index in [1.54, 1.807) is 11.8 Å². The van der Waals surface area contributed by atoms with Crippen LogP contribution in [0.5, 0.6) is 0 Å². The molecule has 1 aliphatic heterocycles. The molecule has 1 aromatic rings. The Bertz CT molecular complexity index is 486. The lowest BCUT2D eigenvalue weighted by Gasteiger charge is -2.36. The summed E-state index contributed by atoms with van der Waals surface area (Å²) in [6.45, 7) is 2.01. The van der Waals surface area contributed by atoms with E-state index < -0.39 is 5.41 Å². The molecule has 1 N–H and O–H groups in total. The summed E-state index contributed by atoms with van der Waals surface area (Å²) in [4.78, 5) is 24.7. The summed E-state index contributed by atoms with van der Waals surface area (Å²) >= 11 is 1.64. The van der Waals surface area contributed by atoms with E-state index in [1.807, 2.05) is 37.4 Å². The highest BCUT2D eigenvalue weighted by atomic mass is 32.2. The molecule has 1 fully saturated rings. The van der Waals surface area contributed by atoms with Gasteiger partial charge in [0.05, 0.1) is 5.41 Å². The van der Waals surface area contributed by atoms with Gasteiger partial charge >= 0.3 is 0 Å². The first-order chi connectivity index (χ1) is 8.64. The quantitative estimate of drug-likeness (QED) is 0.673. The summed E-state index contributed by atoms with van der Waals surface area (Å²) < 4.78 is 0. The van der Waals surface area contributed by atoms with Crippen LogP contribution in [0.3, 0.4) is 0 Å². The first-order valence-corrected chi connectivity index (χ1v) is 7.34.